The van der Waals surface area contributed by atoms with Gasteiger partial charge < -0.3 is 10.2 Å². The number of thioether (sulfide) groups is 1. The monoisotopic (exact) mass is 417 g/mol. The number of halogens is 1. The summed E-state index contributed by atoms with van der Waals surface area (Å²) in [7, 11) is 0. The number of amides is 2. The average Bonchev–Trinajstić information content (AvgIpc) is 3.06. The highest BCUT2D eigenvalue weighted by Gasteiger charge is 2.57. The Bertz CT molecular complexity index is 1030. The second-order valence-corrected chi connectivity index (χ2v) is 9.33. The Morgan fingerprint density at radius 2 is 2.00 bits per heavy atom. The number of carbonyl (C=O) groups is 2. The molecule has 2 aromatic rings. The van der Waals surface area contributed by atoms with Gasteiger partial charge in [-0.15, -0.1) is 11.8 Å². The molecule has 0 aromatic heterocycles. The first-order valence-electron chi connectivity index (χ1n) is 8.55. The number of hydrogen-bond donors (Lipinski definition) is 1. The zero-order chi connectivity index (χ0) is 20.2. The Morgan fingerprint density at radius 3 is 2.71 bits per heavy atom. The number of carbonyl (C=O) groups excluding carboxylic acids is 2. The van der Waals surface area contributed by atoms with Crippen LogP contribution in [0.25, 0.3) is 0 Å². The first kappa shape index (κ1) is 18.8. The topological polar surface area (TPSA) is 92.6 Å². The van der Waals surface area contributed by atoms with Crippen molar-refractivity contribution in [1.82, 2.24) is 4.90 Å². The van der Waals surface area contributed by atoms with Gasteiger partial charge in [0.1, 0.15) is 16.4 Å². The number of rotatable bonds is 3. The molecule has 2 heterocycles. The Balaban J connectivity index is 1.65. The fourth-order valence-corrected chi connectivity index (χ4v) is 5.52. The number of nitro benzene ring substituents is 1. The zero-order valence-electron chi connectivity index (χ0n) is 15.0. The summed E-state index contributed by atoms with van der Waals surface area (Å²) in [6.07, 6.45) is 0. The molecule has 4 rings (SSSR count). The predicted molar refractivity (Wildman–Crippen MR) is 108 cm³/mol. The predicted octanol–water partition coefficient (Wildman–Crippen LogP) is 4.24. The van der Waals surface area contributed by atoms with Crippen molar-refractivity contribution in [2.45, 2.75) is 30.0 Å². The first-order chi connectivity index (χ1) is 13.2. The highest BCUT2D eigenvalue weighted by molar-refractivity contribution is 8.01. The van der Waals surface area contributed by atoms with Gasteiger partial charge in [-0.3, -0.25) is 19.7 Å². The zero-order valence-corrected chi connectivity index (χ0v) is 16.6. The van der Waals surface area contributed by atoms with Gasteiger partial charge in [0.15, 0.2) is 0 Å². The first-order valence-corrected chi connectivity index (χ1v) is 9.80. The normalized spacial score (nSPS) is 22.0. The molecule has 9 heteroatoms. The summed E-state index contributed by atoms with van der Waals surface area (Å²) in [4.78, 5) is 38.2. The fraction of sp³-hybridized carbons (Fsp3) is 0.263. The molecule has 0 saturated carbocycles. The molecule has 2 aromatic carbocycles. The minimum absolute atomic E-state index is 0.00927. The van der Waals surface area contributed by atoms with Gasteiger partial charge >= 0.3 is 0 Å². The molecule has 2 aliphatic rings. The standard InChI is InChI=1S/C19H16ClN3O4S/c1-19(2)15(16(24)21-10-7-8-13(20)14(9-10)23(26)27)22-17(25)11-5-3-4-6-12(11)18(22)28-19/h3-9,15,18H,1-2H3,(H,21,24)/t15-,18-/m1/s1. The van der Waals surface area contributed by atoms with Crippen LogP contribution in [-0.4, -0.2) is 32.4 Å². The lowest BCUT2D eigenvalue weighted by molar-refractivity contribution is -0.384. The Kier molecular flexibility index (Phi) is 4.35. The van der Waals surface area contributed by atoms with Gasteiger partial charge in [-0.05, 0) is 37.6 Å². The van der Waals surface area contributed by atoms with Gasteiger partial charge in [-0.1, -0.05) is 29.8 Å². The molecule has 1 fully saturated rings. The molecule has 2 aliphatic heterocycles. The SMILES string of the molecule is CC1(C)S[C@@H]2c3ccccc3C(=O)N2[C@@H]1C(=O)Nc1ccc(Cl)c([N+](=O)[O-])c1. The van der Waals surface area contributed by atoms with Crippen LogP contribution in [-0.2, 0) is 4.79 Å². The number of nitro groups is 1. The third kappa shape index (κ3) is 2.84. The van der Waals surface area contributed by atoms with Crippen molar-refractivity contribution < 1.29 is 14.5 Å². The largest absolute Gasteiger partial charge is 0.324 e. The van der Waals surface area contributed by atoms with Crippen molar-refractivity contribution >= 4 is 46.6 Å². The van der Waals surface area contributed by atoms with Crippen LogP contribution in [0.2, 0.25) is 5.02 Å². The van der Waals surface area contributed by atoms with Crippen LogP contribution in [0.15, 0.2) is 42.5 Å². The summed E-state index contributed by atoms with van der Waals surface area (Å²) in [5, 5.41) is 13.6. The highest BCUT2D eigenvalue weighted by Crippen LogP contribution is 2.56. The van der Waals surface area contributed by atoms with Crippen LogP contribution in [0.3, 0.4) is 0 Å². The van der Waals surface area contributed by atoms with Crippen molar-refractivity contribution in [2.75, 3.05) is 5.32 Å². The van der Waals surface area contributed by atoms with E-state index in [1.165, 1.54) is 18.2 Å². The highest BCUT2D eigenvalue weighted by atomic mass is 35.5. The van der Waals surface area contributed by atoms with Crippen molar-refractivity contribution in [2.24, 2.45) is 0 Å². The van der Waals surface area contributed by atoms with Gasteiger partial charge in [-0.2, -0.15) is 0 Å². The summed E-state index contributed by atoms with van der Waals surface area (Å²) in [6, 6.07) is 10.7. The van der Waals surface area contributed by atoms with Gasteiger partial charge in [0, 0.05) is 22.1 Å². The van der Waals surface area contributed by atoms with E-state index in [1.807, 2.05) is 26.0 Å². The lowest BCUT2D eigenvalue weighted by atomic mass is 10.0. The summed E-state index contributed by atoms with van der Waals surface area (Å²) in [5.74, 6) is -0.571. The molecular formula is C19H16ClN3O4S. The molecule has 1 N–H and O–H groups in total. The number of fused-ring (bicyclic) bond motifs is 3. The molecule has 144 valence electrons. The Morgan fingerprint density at radius 1 is 1.29 bits per heavy atom. The minimum atomic E-state index is -0.725. The number of anilines is 1. The molecule has 0 unspecified atom stereocenters. The molecule has 0 bridgehead atoms. The maximum atomic E-state index is 13.1. The molecule has 7 nitrogen and oxygen atoms in total. The quantitative estimate of drug-likeness (QED) is 0.595. The average molecular weight is 418 g/mol. The van der Waals surface area contributed by atoms with Crippen LogP contribution in [0.5, 0.6) is 0 Å². The Labute approximate surface area is 170 Å². The second-order valence-electron chi connectivity index (χ2n) is 7.19. The van der Waals surface area contributed by atoms with Crippen molar-refractivity contribution in [1.29, 1.82) is 0 Å². The third-order valence-electron chi connectivity index (χ3n) is 4.96. The Hall–Kier alpha value is -2.58. The molecule has 1 saturated heterocycles. The van der Waals surface area contributed by atoms with E-state index in [0.29, 0.717) is 5.56 Å². The van der Waals surface area contributed by atoms with E-state index in [0.717, 1.165) is 5.56 Å². The van der Waals surface area contributed by atoms with Crippen LogP contribution in [0.1, 0.15) is 35.1 Å². The number of nitrogens with zero attached hydrogens (tertiary/aromatic N) is 2. The molecule has 0 aliphatic carbocycles. The summed E-state index contributed by atoms with van der Waals surface area (Å²) in [6.45, 7) is 3.83. The minimum Gasteiger partial charge on any atom is -0.324 e. The molecule has 28 heavy (non-hydrogen) atoms. The summed E-state index contributed by atoms with van der Waals surface area (Å²) >= 11 is 7.39. The van der Waals surface area contributed by atoms with Crippen LogP contribution in [0.4, 0.5) is 11.4 Å². The lowest BCUT2D eigenvalue weighted by Crippen LogP contribution is -2.50. The van der Waals surface area contributed by atoms with E-state index in [1.54, 1.807) is 28.8 Å². The molecule has 2 atom stereocenters. The maximum Gasteiger partial charge on any atom is 0.289 e. The van der Waals surface area contributed by atoms with Crippen molar-refractivity contribution in [3.8, 4) is 0 Å². The smallest absolute Gasteiger partial charge is 0.289 e. The van der Waals surface area contributed by atoms with Gasteiger partial charge in [0.05, 0.1) is 4.92 Å². The molecule has 0 radical (unpaired) electrons. The lowest BCUT2D eigenvalue weighted by Gasteiger charge is -2.29. The number of benzene rings is 2. The van der Waals surface area contributed by atoms with E-state index in [2.05, 4.69) is 5.32 Å². The van der Waals surface area contributed by atoms with E-state index >= 15 is 0 Å². The summed E-state index contributed by atoms with van der Waals surface area (Å²) < 4.78 is -0.531. The molecular weight excluding hydrogens is 402 g/mol. The van der Waals surface area contributed by atoms with Crippen molar-refractivity contribution in [3.05, 3.63) is 68.7 Å². The van der Waals surface area contributed by atoms with E-state index in [4.69, 9.17) is 11.6 Å². The number of hydrogen-bond acceptors (Lipinski definition) is 5. The maximum absolute atomic E-state index is 13.1. The third-order valence-corrected chi connectivity index (χ3v) is 6.81. The summed E-state index contributed by atoms with van der Waals surface area (Å²) in [5.41, 5.74) is 1.48. The van der Waals surface area contributed by atoms with Gasteiger partial charge in [-0.25, -0.2) is 0 Å². The van der Waals surface area contributed by atoms with Gasteiger partial charge in [0.2, 0.25) is 5.91 Å². The second kappa shape index (κ2) is 6.49. The fourth-order valence-electron chi connectivity index (χ4n) is 3.75. The molecule has 2 amide bonds. The van der Waals surface area contributed by atoms with Crippen LogP contribution < -0.4 is 5.32 Å². The van der Waals surface area contributed by atoms with Crippen LogP contribution >= 0.6 is 23.4 Å². The van der Waals surface area contributed by atoms with Crippen LogP contribution in [0, 0.1) is 10.1 Å². The van der Waals surface area contributed by atoms with E-state index in [9.17, 15) is 19.7 Å². The number of nitrogens with one attached hydrogen (secondary N) is 1. The van der Waals surface area contributed by atoms with Gasteiger partial charge in [0.25, 0.3) is 11.6 Å². The van der Waals surface area contributed by atoms with E-state index < -0.39 is 21.6 Å². The molecule has 0 spiro atoms. The van der Waals surface area contributed by atoms with Crippen molar-refractivity contribution in [3.63, 3.8) is 0 Å². The van der Waals surface area contributed by atoms with E-state index in [-0.39, 0.29) is 27.7 Å².